The highest BCUT2D eigenvalue weighted by Crippen LogP contribution is 2.11. The van der Waals surface area contributed by atoms with Crippen molar-refractivity contribution < 1.29 is 14.4 Å². The molecular formula is C11H12N4O3. The molecule has 2 rings (SSSR count). The van der Waals surface area contributed by atoms with E-state index in [1.54, 1.807) is 6.92 Å². The molecule has 94 valence electrons. The van der Waals surface area contributed by atoms with Crippen molar-refractivity contribution in [1.82, 2.24) is 20.2 Å². The number of nitrogens with one attached hydrogen (secondary N) is 2. The van der Waals surface area contributed by atoms with Gasteiger partial charge in [0.1, 0.15) is 12.2 Å². The Kier molecular flexibility index (Phi) is 2.97. The molecule has 0 unspecified atom stereocenters. The van der Waals surface area contributed by atoms with Crippen LogP contribution in [0.5, 0.6) is 0 Å². The number of aromatic nitrogens is 2. The van der Waals surface area contributed by atoms with Crippen molar-refractivity contribution in [3.05, 3.63) is 23.4 Å². The van der Waals surface area contributed by atoms with Crippen molar-refractivity contribution in [2.45, 2.75) is 13.8 Å². The summed E-state index contributed by atoms with van der Waals surface area (Å²) in [5.41, 5.74) is 1.37. The first-order valence-corrected chi connectivity index (χ1v) is 5.33. The van der Waals surface area contributed by atoms with Crippen LogP contribution in [0.3, 0.4) is 0 Å². The number of hydrogen-bond acceptors (Lipinski definition) is 4. The molecule has 1 aliphatic heterocycles. The molecule has 0 radical (unpaired) electrons. The molecule has 18 heavy (non-hydrogen) atoms. The van der Waals surface area contributed by atoms with Crippen LogP contribution in [0.2, 0.25) is 0 Å². The number of imide groups is 1. The van der Waals surface area contributed by atoms with E-state index in [4.69, 9.17) is 0 Å². The Morgan fingerprint density at radius 1 is 1.50 bits per heavy atom. The molecule has 7 heteroatoms. The Balaban J connectivity index is 2.35. The normalized spacial score (nSPS) is 18.1. The molecule has 1 aromatic rings. The highest BCUT2D eigenvalue weighted by molar-refractivity contribution is 6.12. The number of aromatic amines is 1. The van der Waals surface area contributed by atoms with Crippen LogP contribution in [-0.2, 0) is 14.4 Å². The summed E-state index contributed by atoms with van der Waals surface area (Å²) in [6, 6.07) is 0. The van der Waals surface area contributed by atoms with E-state index >= 15 is 0 Å². The van der Waals surface area contributed by atoms with Crippen LogP contribution in [-0.4, -0.2) is 39.1 Å². The van der Waals surface area contributed by atoms with Gasteiger partial charge in [0.25, 0.3) is 5.91 Å². The lowest BCUT2D eigenvalue weighted by Gasteiger charge is -2.25. The first-order chi connectivity index (χ1) is 8.49. The third-order valence-electron chi connectivity index (χ3n) is 2.58. The van der Waals surface area contributed by atoms with E-state index in [1.807, 2.05) is 0 Å². The molecule has 0 aromatic carbocycles. The monoisotopic (exact) mass is 248 g/mol. The van der Waals surface area contributed by atoms with Crippen LogP contribution in [0.15, 0.2) is 12.0 Å². The maximum absolute atomic E-state index is 11.9. The Morgan fingerprint density at radius 2 is 2.22 bits per heavy atom. The second kappa shape index (κ2) is 4.44. The molecule has 0 bridgehead atoms. The number of rotatable bonds is 1. The molecule has 1 fully saturated rings. The largest absolute Gasteiger partial charge is 0.348 e. The number of amides is 3. The van der Waals surface area contributed by atoms with E-state index in [0.717, 1.165) is 10.6 Å². The molecule has 2 heterocycles. The molecule has 2 N–H and O–H groups in total. The van der Waals surface area contributed by atoms with Gasteiger partial charge in [0.15, 0.2) is 0 Å². The summed E-state index contributed by atoms with van der Waals surface area (Å²) >= 11 is 0. The van der Waals surface area contributed by atoms with E-state index in [2.05, 4.69) is 15.3 Å². The van der Waals surface area contributed by atoms with Crippen molar-refractivity contribution in [2.24, 2.45) is 0 Å². The number of carbonyl (C=O) groups excluding carboxylic acids is 3. The van der Waals surface area contributed by atoms with Crippen molar-refractivity contribution in [2.75, 3.05) is 6.54 Å². The number of piperazine rings is 1. The average Bonchev–Trinajstić information content (AvgIpc) is 2.69. The van der Waals surface area contributed by atoms with Crippen LogP contribution in [0, 0.1) is 6.92 Å². The first kappa shape index (κ1) is 12.0. The van der Waals surface area contributed by atoms with Gasteiger partial charge in [0.2, 0.25) is 11.8 Å². The maximum atomic E-state index is 11.9. The lowest BCUT2D eigenvalue weighted by Crippen LogP contribution is -2.51. The van der Waals surface area contributed by atoms with Crippen LogP contribution in [0.25, 0.3) is 6.08 Å². The second-order valence-electron chi connectivity index (χ2n) is 3.93. The minimum Gasteiger partial charge on any atom is -0.348 e. The number of nitrogens with zero attached hydrogens (tertiary/aromatic N) is 2. The van der Waals surface area contributed by atoms with E-state index in [0.29, 0.717) is 5.69 Å². The summed E-state index contributed by atoms with van der Waals surface area (Å²) in [5, 5.41) is 2.44. The zero-order valence-corrected chi connectivity index (χ0v) is 9.98. The summed E-state index contributed by atoms with van der Waals surface area (Å²) in [6.45, 7) is 2.79. The summed E-state index contributed by atoms with van der Waals surface area (Å²) < 4.78 is 0. The minimum absolute atomic E-state index is 0.0525. The van der Waals surface area contributed by atoms with Crippen molar-refractivity contribution in [1.29, 1.82) is 0 Å². The van der Waals surface area contributed by atoms with E-state index in [9.17, 15) is 14.4 Å². The van der Waals surface area contributed by atoms with Crippen molar-refractivity contribution in [3.63, 3.8) is 0 Å². The number of carbonyl (C=O) groups is 3. The van der Waals surface area contributed by atoms with Crippen molar-refractivity contribution in [3.8, 4) is 0 Å². The summed E-state index contributed by atoms with van der Waals surface area (Å²) in [5.74, 6) is -1.38. The van der Waals surface area contributed by atoms with Gasteiger partial charge in [-0.15, -0.1) is 0 Å². The second-order valence-corrected chi connectivity index (χ2v) is 3.93. The third-order valence-corrected chi connectivity index (χ3v) is 2.58. The average molecular weight is 248 g/mol. The minimum atomic E-state index is -0.524. The smallest absolute Gasteiger partial charge is 0.277 e. The van der Waals surface area contributed by atoms with Gasteiger partial charge in [0, 0.05) is 12.6 Å². The molecule has 0 atom stereocenters. The Morgan fingerprint density at radius 3 is 2.78 bits per heavy atom. The van der Waals surface area contributed by atoms with Gasteiger partial charge in [-0.1, -0.05) is 0 Å². The number of aryl methyl sites for hydroxylation is 1. The van der Waals surface area contributed by atoms with Gasteiger partial charge in [-0.2, -0.15) is 0 Å². The molecular weight excluding hydrogens is 236 g/mol. The van der Waals surface area contributed by atoms with Crippen molar-refractivity contribution >= 4 is 23.8 Å². The zero-order valence-electron chi connectivity index (χ0n) is 9.98. The Labute approximate surface area is 103 Å². The van der Waals surface area contributed by atoms with Gasteiger partial charge >= 0.3 is 0 Å². The molecule has 0 saturated carbocycles. The zero-order chi connectivity index (χ0) is 13.3. The van der Waals surface area contributed by atoms with E-state index in [1.165, 1.54) is 19.3 Å². The molecule has 0 spiro atoms. The Bertz CT molecular complexity index is 558. The fourth-order valence-electron chi connectivity index (χ4n) is 1.61. The van der Waals surface area contributed by atoms with Crippen LogP contribution < -0.4 is 5.32 Å². The summed E-state index contributed by atoms with van der Waals surface area (Å²) in [7, 11) is 0. The number of hydrogen-bond donors (Lipinski definition) is 2. The fraction of sp³-hybridized carbons (Fsp3) is 0.273. The van der Waals surface area contributed by atoms with E-state index < -0.39 is 17.7 Å². The van der Waals surface area contributed by atoms with E-state index in [-0.39, 0.29) is 12.2 Å². The van der Waals surface area contributed by atoms with Gasteiger partial charge in [-0.25, -0.2) is 4.98 Å². The summed E-state index contributed by atoms with van der Waals surface area (Å²) in [6.07, 6.45) is 2.93. The summed E-state index contributed by atoms with van der Waals surface area (Å²) in [4.78, 5) is 42.4. The topological polar surface area (TPSA) is 95.2 Å². The quantitative estimate of drug-likeness (QED) is 0.659. The predicted molar refractivity (Wildman–Crippen MR) is 61.8 cm³/mol. The van der Waals surface area contributed by atoms with Crippen LogP contribution >= 0.6 is 0 Å². The molecule has 3 amide bonds. The van der Waals surface area contributed by atoms with Gasteiger partial charge in [-0.3, -0.25) is 19.3 Å². The van der Waals surface area contributed by atoms with Crippen LogP contribution in [0.1, 0.15) is 18.3 Å². The lowest BCUT2D eigenvalue weighted by molar-refractivity contribution is -0.147. The Hall–Kier alpha value is -2.44. The number of H-pyrrole nitrogens is 1. The molecule has 0 aliphatic carbocycles. The molecule has 7 nitrogen and oxygen atoms in total. The van der Waals surface area contributed by atoms with Gasteiger partial charge < -0.3 is 10.3 Å². The van der Waals surface area contributed by atoms with Crippen LogP contribution in [0.4, 0.5) is 0 Å². The molecule has 1 saturated heterocycles. The number of imidazole rings is 1. The third kappa shape index (κ3) is 2.15. The predicted octanol–water partition coefficient (Wildman–Crippen LogP) is -0.436. The highest BCUT2D eigenvalue weighted by atomic mass is 16.2. The highest BCUT2D eigenvalue weighted by Gasteiger charge is 2.30. The first-order valence-electron chi connectivity index (χ1n) is 5.33. The molecule has 1 aromatic heterocycles. The molecule has 1 aliphatic rings. The van der Waals surface area contributed by atoms with Gasteiger partial charge in [-0.05, 0) is 13.0 Å². The SMILES string of the molecule is CC(=O)N1CC(=O)NC(=Cc2nc[nH]c2C)C1=O. The fourth-order valence-corrected chi connectivity index (χ4v) is 1.61. The van der Waals surface area contributed by atoms with Gasteiger partial charge in [0.05, 0.1) is 12.0 Å². The maximum Gasteiger partial charge on any atom is 0.277 e. The standard InChI is InChI=1S/C11H12N4O3/c1-6-8(13-5-12-6)3-9-11(18)15(7(2)16)4-10(17)14-9/h3,5H,4H2,1-2H3,(H,12,13)(H,14,17). The lowest BCUT2D eigenvalue weighted by atomic mass is 10.2.